The van der Waals surface area contributed by atoms with Crippen LogP contribution in [0.3, 0.4) is 0 Å². The van der Waals surface area contributed by atoms with Gasteiger partial charge in [0.25, 0.3) is 0 Å². The van der Waals surface area contributed by atoms with Gasteiger partial charge in [-0.25, -0.2) is 4.98 Å². The van der Waals surface area contributed by atoms with Gasteiger partial charge in [-0.2, -0.15) is 0 Å². The fourth-order valence-electron chi connectivity index (χ4n) is 4.02. The normalized spacial score (nSPS) is 18.3. The molecule has 1 N–H and O–H groups in total. The van der Waals surface area contributed by atoms with Crippen LogP contribution >= 0.6 is 0 Å². The number of hydrogen-bond donors (Lipinski definition) is 1. The molecular weight excluding hydrogens is 260 g/mol. The van der Waals surface area contributed by atoms with Crippen LogP contribution in [0.5, 0.6) is 0 Å². The van der Waals surface area contributed by atoms with Crippen LogP contribution in [0.25, 0.3) is 0 Å². The lowest BCUT2D eigenvalue weighted by Gasteiger charge is -2.46. The number of likely N-dealkylation sites (tertiary alicyclic amines) is 1. The maximum atomic E-state index is 4.71. The van der Waals surface area contributed by atoms with Crippen molar-refractivity contribution < 1.29 is 0 Å². The molecule has 1 unspecified atom stereocenters. The molecule has 1 atom stereocenters. The molecule has 0 saturated carbocycles. The van der Waals surface area contributed by atoms with E-state index in [1.807, 2.05) is 6.20 Å². The van der Waals surface area contributed by atoms with Crippen LogP contribution < -0.4 is 5.32 Å². The summed E-state index contributed by atoms with van der Waals surface area (Å²) < 4.78 is 2.30. The molecule has 4 nitrogen and oxygen atoms in total. The molecule has 1 aliphatic heterocycles. The largest absolute Gasteiger partial charge is 0.334 e. The summed E-state index contributed by atoms with van der Waals surface area (Å²) in [7, 11) is 0. The van der Waals surface area contributed by atoms with E-state index < -0.39 is 0 Å². The molecule has 2 rings (SSSR count). The lowest BCUT2D eigenvalue weighted by atomic mass is 9.82. The van der Waals surface area contributed by atoms with Crippen LogP contribution in [0.2, 0.25) is 0 Å². The van der Waals surface area contributed by atoms with E-state index in [0.717, 1.165) is 25.9 Å². The van der Waals surface area contributed by atoms with Crippen LogP contribution in [0.4, 0.5) is 0 Å². The zero-order chi connectivity index (χ0) is 15.3. The van der Waals surface area contributed by atoms with Crippen molar-refractivity contribution in [1.29, 1.82) is 0 Å². The fourth-order valence-corrected chi connectivity index (χ4v) is 4.02. The number of imidazole rings is 1. The molecule has 0 radical (unpaired) electrons. The number of likely N-dealkylation sites (N-methyl/N-ethyl adjacent to an activating group) is 1. The summed E-state index contributed by atoms with van der Waals surface area (Å²) in [5, 5.41) is 3.75. The van der Waals surface area contributed by atoms with Gasteiger partial charge in [-0.1, -0.05) is 20.8 Å². The Bertz CT molecular complexity index is 416. The fraction of sp³-hybridized carbons (Fsp3) is 0.824. The number of rotatable bonds is 8. The van der Waals surface area contributed by atoms with Gasteiger partial charge in [-0.3, -0.25) is 4.90 Å². The third-order valence-corrected chi connectivity index (χ3v) is 5.25. The van der Waals surface area contributed by atoms with Crippen LogP contribution in [-0.2, 0) is 6.54 Å². The number of nitrogens with one attached hydrogen (secondary N) is 1. The van der Waals surface area contributed by atoms with Gasteiger partial charge in [-0.05, 0) is 52.2 Å². The summed E-state index contributed by atoms with van der Waals surface area (Å²) in [5.74, 6) is 1.20. The maximum absolute atomic E-state index is 4.71. The molecule has 1 aromatic rings. The third-order valence-electron chi connectivity index (χ3n) is 5.25. The minimum atomic E-state index is 0.185. The predicted molar refractivity (Wildman–Crippen MR) is 88.4 cm³/mol. The zero-order valence-corrected chi connectivity index (χ0v) is 14.2. The van der Waals surface area contributed by atoms with Gasteiger partial charge >= 0.3 is 0 Å². The van der Waals surface area contributed by atoms with E-state index in [9.17, 15) is 0 Å². The first kappa shape index (κ1) is 16.5. The van der Waals surface area contributed by atoms with Crippen molar-refractivity contribution in [3.63, 3.8) is 0 Å². The SMILES string of the molecule is CCNC(c1nccn1CC)C(CC)(CC)N1CCCC1. The first-order valence-electron chi connectivity index (χ1n) is 8.72. The van der Waals surface area contributed by atoms with E-state index in [0.29, 0.717) is 6.04 Å². The Hall–Kier alpha value is -0.870. The highest BCUT2D eigenvalue weighted by molar-refractivity contribution is 5.11. The van der Waals surface area contributed by atoms with Gasteiger partial charge in [0.15, 0.2) is 0 Å². The average molecular weight is 292 g/mol. The van der Waals surface area contributed by atoms with Crippen LogP contribution in [0.1, 0.15) is 65.2 Å². The van der Waals surface area contributed by atoms with Gasteiger partial charge in [0.1, 0.15) is 5.82 Å². The molecule has 0 aliphatic carbocycles. The highest BCUT2D eigenvalue weighted by Gasteiger charge is 2.44. The molecule has 0 spiro atoms. The highest BCUT2D eigenvalue weighted by Crippen LogP contribution is 2.38. The topological polar surface area (TPSA) is 33.1 Å². The first-order valence-corrected chi connectivity index (χ1v) is 8.72. The summed E-state index contributed by atoms with van der Waals surface area (Å²) in [5.41, 5.74) is 0.185. The van der Waals surface area contributed by atoms with Crippen molar-refractivity contribution in [2.24, 2.45) is 0 Å². The van der Waals surface area contributed by atoms with Crippen molar-refractivity contribution in [3.8, 4) is 0 Å². The number of aromatic nitrogens is 2. The van der Waals surface area contributed by atoms with Gasteiger partial charge < -0.3 is 9.88 Å². The molecule has 120 valence electrons. The van der Waals surface area contributed by atoms with E-state index in [1.54, 1.807) is 0 Å². The summed E-state index contributed by atoms with van der Waals surface area (Å²) in [4.78, 5) is 7.43. The summed E-state index contributed by atoms with van der Waals surface area (Å²) in [6, 6.07) is 0.311. The second-order valence-electron chi connectivity index (χ2n) is 6.07. The van der Waals surface area contributed by atoms with Crippen molar-refractivity contribution in [2.45, 2.75) is 71.5 Å². The Kier molecular flexibility index (Phi) is 5.82. The minimum Gasteiger partial charge on any atom is -0.334 e. The predicted octanol–water partition coefficient (Wildman–Crippen LogP) is 3.21. The van der Waals surface area contributed by atoms with E-state index in [-0.39, 0.29) is 5.54 Å². The molecule has 0 amide bonds. The second kappa shape index (κ2) is 7.41. The molecular formula is C17H32N4. The van der Waals surface area contributed by atoms with Crippen LogP contribution in [0, 0.1) is 0 Å². The molecule has 1 aliphatic rings. The zero-order valence-electron chi connectivity index (χ0n) is 14.2. The summed E-state index contributed by atoms with van der Waals surface area (Å²) >= 11 is 0. The molecule has 0 aromatic carbocycles. The first-order chi connectivity index (χ1) is 10.2. The van der Waals surface area contributed by atoms with Gasteiger partial charge in [0.2, 0.25) is 0 Å². The number of hydrogen-bond acceptors (Lipinski definition) is 3. The standard InChI is InChI=1S/C17H32N4/c1-5-17(6-2,21-12-9-10-13-21)15(18-7-3)16-19-11-14-20(16)8-4/h11,14-15,18H,5-10,12-13H2,1-4H3. The Morgan fingerprint density at radius 3 is 2.38 bits per heavy atom. The van der Waals surface area contributed by atoms with Crippen molar-refractivity contribution in [3.05, 3.63) is 18.2 Å². The van der Waals surface area contributed by atoms with Gasteiger partial charge in [0.05, 0.1) is 6.04 Å². The van der Waals surface area contributed by atoms with Crippen molar-refractivity contribution in [1.82, 2.24) is 19.8 Å². The Morgan fingerprint density at radius 2 is 1.86 bits per heavy atom. The van der Waals surface area contributed by atoms with Crippen LogP contribution in [0.15, 0.2) is 12.4 Å². The molecule has 1 aromatic heterocycles. The second-order valence-corrected chi connectivity index (χ2v) is 6.07. The van der Waals surface area contributed by atoms with Crippen molar-refractivity contribution in [2.75, 3.05) is 19.6 Å². The summed E-state index contributed by atoms with van der Waals surface area (Å²) in [6.07, 6.45) is 9.06. The van der Waals surface area contributed by atoms with E-state index in [1.165, 1.54) is 31.8 Å². The third kappa shape index (κ3) is 3.02. The average Bonchev–Trinajstić information content (AvgIpc) is 3.19. The monoisotopic (exact) mass is 292 g/mol. The molecule has 2 heterocycles. The van der Waals surface area contributed by atoms with E-state index in [4.69, 9.17) is 4.98 Å². The quantitative estimate of drug-likeness (QED) is 0.798. The molecule has 1 saturated heterocycles. The number of nitrogens with zero attached hydrogens (tertiary/aromatic N) is 3. The van der Waals surface area contributed by atoms with Crippen molar-refractivity contribution >= 4 is 0 Å². The Balaban J connectivity index is 2.40. The van der Waals surface area contributed by atoms with Gasteiger partial charge in [-0.15, -0.1) is 0 Å². The number of aryl methyl sites for hydroxylation is 1. The summed E-state index contributed by atoms with van der Waals surface area (Å²) in [6.45, 7) is 13.5. The van der Waals surface area contributed by atoms with E-state index >= 15 is 0 Å². The van der Waals surface area contributed by atoms with Gasteiger partial charge in [0, 0.05) is 24.5 Å². The lowest BCUT2D eigenvalue weighted by molar-refractivity contribution is 0.0576. The smallest absolute Gasteiger partial charge is 0.127 e. The van der Waals surface area contributed by atoms with Crippen LogP contribution in [-0.4, -0.2) is 39.6 Å². The minimum absolute atomic E-state index is 0.185. The Labute approximate surface area is 129 Å². The lowest BCUT2D eigenvalue weighted by Crippen LogP contribution is -2.55. The molecule has 0 bridgehead atoms. The molecule has 21 heavy (non-hydrogen) atoms. The Morgan fingerprint density at radius 1 is 1.19 bits per heavy atom. The maximum Gasteiger partial charge on any atom is 0.127 e. The molecule has 1 fully saturated rings. The van der Waals surface area contributed by atoms with E-state index in [2.05, 4.69) is 48.7 Å². The molecule has 4 heteroatoms. The highest BCUT2D eigenvalue weighted by atomic mass is 15.3.